The number of hydrogen-bond acceptors (Lipinski definition) is 9. The van der Waals surface area contributed by atoms with Crippen LogP contribution in [0.3, 0.4) is 0 Å². The van der Waals surface area contributed by atoms with Crippen LogP contribution in [0.25, 0.3) is 16.2 Å². The summed E-state index contributed by atoms with van der Waals surface area (Å²) in [6, 6.07) is 3.78. The fourth-order valence-corrected chi connectivity index (χ4v) is 5.33. The third-order valence-electron chi connectivity index (χ3n) is 5.87. The highest BCUT2D eigenvalue weighted by Gasteiger charge is 2.19. The fraction of sp³-hybridized carbons (Fsp3) is 0.280. The summed E-state index contributed by atoms with van der Waals surface area (Å²) >= 11 is 1.24. The van der Waals surface area contributed by atoms with Crippen LogP contribution in [0.2, 0.25) is 0 Å². The lowest BCUT2D eigenvalue weighted by Crippen LogP contribution is -2.24. The molecule has 0 amide bonds. The van der Waals surface area contributed by atoms with E-state index < -0.39 is 15.7 Å². The van der Waals surface area contributed by atoms with Crippen LogP contribution in [-0.4, -0.2) is 51.9 Å². The van der Waals surface area contributed by atoms with Crippen LogP contribution in [0.1, 0.15) is 25.8 Å². The van der Waals surface area contributed by atoms with Gasteiger partial charge >= 0.3 is 0 Å². The summed E-state index contributed by atoms with van der Waals surface area (Å²) in [6.07, 6.45) is 14.1. The van der Waals surface area contributed by atoms with Crippen molar-refractivity contribution in [2.24, 2.45) is 0 Å². The van der Waals surface area contributed by atoms with Crippen LogP contribution in [0.5, 0.6) is 5.19 Å². The first-order valence-corrected chi connectivity index (χ1v) is 14.4. The maximum Gasteiger partial charge on any atom is 0.294 e. The van der Waals surface area contributed by atoms with E-state index in [9.17, 15) is 12.8 Å². The monoisotopic (exact) mass is 540 g/mol. The van der Waals surface area contributed by atoms with Crippen molar-refractivity contribution >= 4 is 32.1 Å². The summed E-state index contributed by atoms with van der Waals surface area (Å²) in [7, 11) is -3.50. The van der Waals surface area contributed by atoms with Gasteiger partial charge in [0.15, 0.2) is 9.84 Å². The number of rotatable bonds is 8. The van der Waals surface area contributed by atoms with Gasteiger partial charge in [0.05, 0.1) is 16.8 Å². The Morgan fingerprint density at radius 2 is 2.03 bits per heavy atom. The summed E-state index contributed by atoms with van der Waals surface area (Å²) in [4.78, 5) is 15.8. The van der Waals surface area contributed by atoms with Gasteiger partial charge in [-0.25, -0.2) is 32.3 Å². The van der Waals surface area contributed by atoms with E-state index in [0.29, 0.717) is 28.3 Å². The van der Waals surface area contributed by atoms with Crippen molar-refractivity contribution in [3.8, 4) is 16.5 Å². The average molecular weight is 541 g/mol. The molecule has 0 fully saturated rings. The normalized spacial score (nSPS) is 14.7. The van der Waals surface area contributed by atoms with Gasteiger partial charge in [0.25, 0.3) is 5.19 Å². The maximum atomic E-state index is 14.6. The van der Waals surface area contributed by atoms with E-state index >= 15 is 0 Å². The minimum atomic E-state index is -3.50. The molecular weight excluding hydrogens is 515 g/mol. The number of halogens is 1. The second-order valence-electron chi connectivity index (χ2n) is 8.71. The van der Waals surface area contributed by atoms with Crippen molar-refractivity contribution in [3.05, 3.63) is 72.1 Å². The highest BCUT2D eigenvalue weighted by Crippen LogP contribution is 2.29. The zero-order chi connectivity index (χ0) is 26.2. The number of nitrogens with zero attached hydrogens (tertiary/aromatic N) is 6. The molecule has 192 valence electrons. The second-order valence-corrected chi connectivity index (χ2v) is 11.6. The van der Waals surface area contributed by atoms with Crippen molar-refractivity contribution in [1.82, 2.24) is 24.6 Å². The van der Waals surface area contributed by atoms with Gasteiger partial charge in [-0.05, 0) is 60.1 Å². The molecule has 0 unspecified atom stereocenters. The molecule has 4 aromatic rings. The first-order valence-electron chi connectivity index (χ1n) is 11.7. The quantitative estimate of drug-likeness (QED) is 0.323. The van der Waals surface area contributed by atoms with Crippen LogP contribution >= 0.6 is 11.3 Å². The summed E-state index contributed by atoms with van der Waals surface area (Å²) in [6.45, 7) is 4.69. The number of sulfone groups is 1. The van der Waals surface area contributed by atoms with E-state index in [1.807, 2.05) is 36.5 Å². The lowest BCUT2D eigenvalue weighted by molar-refractivity contribution is 0.256. The number of imidazole rings is 1. The first kappa shape index (κ1) is 25.0. The zero-order valence-corrected chi connectivity index (χ0v) is 22.1. The Labute approximate surface area is 217 Å². The molecule has 1 aliphatic rings. The van der Waals surface area contributed by atoms with Crippen LogP contribution in [-0.2, 0) is 16.3 Å². The molecule has 0 radical (unpaired) electrons. The topological polar surface area (TPSA) is 103 Å². The number of ether oxygens (including phenoxy) is 1. The summed E-state index contributed by atoms with van der Waals surface area (Å²) in [5.41, 5.74) is 2.69. The fourth-order valence-electron chi connectivity index (χ4n) is 3.89. The molecule has 0 spiro atoms. The summed E-state index contributed by atoms with van der Waals surface area (Å²) in [5.74, 6) is -0.00883. The van der Waals surface area contributed by atoms with Crippen molar-refractivity contribution in [3.63, 3.8) is 0 Å². The summed E-state index contributed by atoms with van der Waals surface area (Å²) in [5, 5.41) is 4.85. The number of fused-ring (bicyclic) bond motifs is 1. The molecule has 1 atom stereocenters. The molecule has 4 heterocycles. The van der Waals surface area contributed by atoms with Gasteiger partial charge in [-0.2, -0.15) is 0 Å². The maximum absolute atomic E-state index is 14.6. The highest BCUT2D eigenvalue weighted by molar-refractivity contribution is 7.90. The number of benzene rings is 1. The molecule has 1 aromatic carbocycles. The van der Waals surface area contributed by atoms with Gasteiger partial charge in [0.1, 0.15) is 11.9 Å². The van der Waals surface area contributed by atoms with Gasteiger partial charge in [-0.3, -0.25) is 0 Å². The Morgan fingerprint density at radius 1 is 1.24 bits per heavy atom. The first-order chi connectivity index (χ1) is 17.7. The molecule has 5 rings (SSSR count). The van der Waals surface area contributed by atoms with Crippen molar-refractivity contribution in [2.45, 2.75) is 37.7 Å². The second kappa shape index (κ2) is 10.0. The smallest absolute Gasteiger partial charge is 0.294 e. The molecule has 0 saturated carbocycles. The Hall–Kier alpha value is -3.64. The van der Waals surface area contributed by atoms with Gasteiger partial charge in [-0.1, -0.05) is 19.4 Å². The van der Waals surface area contributed by atoms with Gasteiger partial charge in [0.2, 0.25) is 10.9 Å². The molecule has 0 N–H and O–H groups in total. The van der Waals surface area contributed by atoms with Crippen LogP contribution < -0.4 is 9.64 Å². The predicted octanol–water partition coefficient (Wildman–Crippen LogP) is 4.47. The third-order valence-corrected chi connectivity index (χ3v) is 7.80. The highest BCUT2D eigenvalue weighted by atomic mass is 32.2. The van der Waals surface area contributed by atoms with E-state index in [4.69, 9.17) is 4.74 Å². The van der Waals surface area contributed by atoms with Crippen LogP contribution in [0, 0.1) is 5.82 Å². The SMILES string of the molecule is CCCc1cnc(N2C=CC([C@H](C)Oc3nn4cc(-c5ccc(S(C)(=O)=O)cc5F)nc4s3)=CC2)nc1. The van der Waals surface area contributed by atoms with Crippen molar-refractivity contribution in [1.29, 1.82) is 0 Å². The Kier molecular flexibility index (Phi) is 6.78. The molecule has 37 heavy (non-hydrogen) atoms. The molecule has 1 aliphatic heterocycles. The Balaban J connectivity index is 1.24. The molecule has 0 saturated heterocycles. The minimum Gasteiger partial charge on any atom is -0.461 e. The molecular formula is C25H25FN6O3S2. The van der Waals surface area contributed by atoms with E-state index in [1.165, 1.54) is 28.0 Å². The lowest BCUT2D eigenvalue weighted by atomic mass is 10.1. The average Bonchev–Trinajstić information content (AvgIpc) is 3.43. The Bertz CT molecular complexity index is 1580. The van der Waals surface area contributed by atoms with E-state index in [2.05, 4.69) is 33.1 Å². The van der Waals surface area contributed by atoms with Gasteiger partial charge in [-0.15, -0.1) is 5.10 Å². The van der Waals surface area contributed by atoms with Crippen LogP contribution in [0.15, 0.2) is 65.6 Å². The van der Waals surface area contributed by atoms with Crippen molar-refractivity contribution < 1.29 is 17.5 Å². The Morgan fingerprint density at radius 3 is 2.65 bits per heavy atom. The van der Waals surface area contributed by atoms with E-state index in [-0.39, 0.29) is 16.6 Å². The molecule has 12 heteroatoms. The van der Waals surface area contributed by atoms with Crippen LogP contribution in [0.4, 0.5) is 10.3 Å². The predicted molar refractivity (Wildman–Crippen MR) is 140 cm³/mol. The van der Waals surface area contributed by atoms with E-state index in [1.54, 1.807) is 6.20 Å². The molecule has 0 aliphatic carbocycles. The molecule has 9 nitrogen and oxygen atoms in total. The zero-order valence-electron chi connectivity index (χ0n) is 20.5. The third kappa shape index (κ3) is 5.39. The number of aromatic nitrogens is 5. The largest absolute Gasteiger partial charge is 0.461 e. The van der Waals surface area contributed by atoms with E-state index in [0.717, 1.165) is 36.3 Å². The molecule has 0 bridgehead atoms. The van der Waals surface area contributed by atoms with Crippen molar-refractivity contribution in [2.75, 3.05) is 17.7 Å². The number of anilines is 1. The van der Waals surface area contributed by atoms with Gasteiger partial charge in [0, 0.05) is 37.0 Å². The molecule has 3 aromatic heterocycles. The standard InChI is InChI=1S/C25H25FN6O3S2/c1-4-5-17-13-27-23(28-14-17)31-10-8-18(9-11-31)16(2)35-25-30-32-15-22(29-24(32)36-25)20-7-6-19(12-21(20)26)37(3,33)34/h6-10,12-16H,4-5,11H2,1-3H3/t16-/m0/s1. The minimum absolute atomic E-state index is 0.0795. The number of aryl methyl sites for hydroxylation is 1. The van der Waals surface area contributed by atoms with Gasteiger partial charge < -0.3 is 9.64 Å². The lowest BCUT2D eigenvalue weighted by Gasteiger charge is -2.23. The summed E-state index contributed by atoms with van der Waals surface area (Å²) < 4.78 is 45.4. The number of hydrogen-bond donors (Lipinski definition) is 0.